The first-order valence-corrected chi connectivity index (χ1v) is 7.40. The van der Waals surface area contributed by atoms with Gasteiger partial charge in [-0.05, 0) is 23.7 Å². The molecule has 0 fully saturated rings. The zero-order valence-corrected chi connectivity index (χ0v) is 12.4. The van der Waals surface area contributed by atoms with E-state index in [9.17, 15) is 5.11 Å². The summed E-state index contributed by atoms with van der Waals surface area (Å²) in [6.45, 7) is 4.86. The van der Waals surface area contributed by atoms with Crippen molar-refractivity contribution in [1.82, 2.24) is 14.9 Å². The van der Waals surface area contributed by atoms with E-state index < -0.39 is 6.10 Å². The maximum atomic E-state index is 9.80. The minimum Gasteiger partial charge on any atom is -0.491 e. The molecule has 0 saturated carbocycles. The number of aliphatic hydroxyl groups excluding tert-OH is 1. The van der Waals surface area contributed by atoms with E-state index in [1.165, 1.54) is 11.5 Å². The van der Waals surface area contributed by atoms with Crippen LogP contribution in [-0.2, 0) is 0 Å². The monoisotopic (exact) mass is 293 g/mol. The van der Waals surface area contributed by atoms with E-state index in [4.69, 9.17) is 4.74 Å². The summed E-state index contributed by atoms with van der Waals surface area (Å²) in [5, 5.41) is 18.9. The molecule has 2 aromatic rings. The van der Waals surface area contributed by atoms with Crippen LogP contribution in [0.15, 0.2) is 29.6 Å². The zero-order chi connectivity index (χ0) is 14.4. The van der Waals surface area contributed by atoms with Crippen LogP contribution in [0.4, 0.5) is 0 Å². The van der Waals surface area contributed by atoms with Crippen LogP contribution in [0.3, 0.4) is 0 Å². The molecule has 1 atom stereocenters. The number of benzene rings is 1. The molecule has 0 aliphatic heterocycles. The fraction of sp³-hybridized carbons (Fsp3) is 0.429. The van der Waals surface area contributed by atoms with Crippen LogP contribution < -0.4 is 10.1 Å². The molecule has 6 heteroatoms. The van der Waals surface area contributed by atoms with Crippen molar-refractivity contribution < 1.29 is 9.84 Å². The number of ether oxygens (including phenoxy) is 1. The van der Waals surface area contributed by atoms with Gasteiger partial charge in [-0.3, -0.25) is 0 Å². The normalized spacial score (nSPS) is 12.6. The number of hydrogen-bond donors (Lipinski definition) is 2. The summed E-state index contributed by atoms with van der Waals surface area (Å²) < 4.78 is 9.45. The van der Waals surface area contributed by atoms with Crippen molar-refractivity contribution in [3.05, 3.63) is 29.6 Å². The Kier molecular flexibility index (Phi) is 5.46. The molecule has 20 heavy (non-hydrogen) atoms. The van der Waals surface area contributed by atoms with Crippen LogP contribution in [0.1, 0.15) is 13.8 Å². The first-order valence-electron chi connectivity index (χ1n) is 6.57. The second kappa shape index (κ2) is 7.33. The van der Waals surface area contributed by atoms with Gasteiger partial charge in [-0.15, -0.1) is 5.10 Å². The fourth-order valence-corrected chi connectivity index (χ4v) is 2.12. The second-order valence-corrected chi connectivity index (χ2v) is 5.46. The van der Waals surface area contributed by atoms with E-state index in [0.717, 1.165) is 17.0 Å². The quantitative estimate of drug-likeness (QED) is 0.816. The van der Waals surface area contributed by atoms with E-state index in [2.05, 4.69) is 14.9 Å². The molecule has 0 amide bonds. The van der Waals surface area contributed by atoms with Gasteiger partial charge in [-0.2, -0.15) is 0 Å². The van der Waals surface area contributed by atoms with Crippen molar-refractivity contribution in [2.75, 3.05) is 13.2 Å². The standard InChI is InChI=1S/C14H19N3O2S/c1-10(2)15-7-12(18)8-19-13-5-3-4-11(6-13)14-9-20-17-16-14/h3-6,9-10,12,15,18H,7-8H2,1-2H3. The zero-order valence-electron chi connectivity index (χ0n) is 11.6. The molecular formula is C14H19N3O2S. The smallest absolute Gasteiger partial charge is 0.120 e. The van der Waals surface area contributed by atoms with Gasteiger partial charge >= 0.3 is 0 Å². The predicted molar refractivity (Wildman–Crippen MR) is 80.0 cm³/mol. The van der Waals surface area contributed by atoms with Gasteiger partial charge in [-0.25, -0.2) is 0 Å². The lowest BCUT2D eigenvalue weighted by Gasteiger charge is -2.15. The number of nitrogens with one attached hydrogen (secondary N) is 1. The van der Waals surface area contributed by atoms with Gasteiger partial charge < -0.3 is 15.2 Å². The molecule has 1 unspecified atom stereocenters. The van der Waals surface area contributed by atoms with Crippen LogP contribution in [0.2, 0.25) is 0 Å². The fourth-order valence-electron chi connectivity index (χ4n) is 1.66. The lowest BCUT2D eigenvalue weighted by molar-refractivity contribution is 0.104. The van der Waals surface area contributed by atoms with Crippen LogP contribution in [-0.4, -0.2) is 40.0 Å². The number of hydrogen-bond acceptors (Lipinski definition) is 6. The SMILES string of the molecule is CC(C)NCC(O)COc1cccc(-c2csnn2)c1. The maximum Gasteiger partial charge on any atom is 0.120 e. The number of aliphatic hydroxyl groups is 1. The van der Waals surface area contributed by atoms with Gasteiger partial charge in [0.2, 0.25) is 0 Å². The Hall–Kier alpha value is -1.50. The van der Waals surface area contributed by atoms with Gasteiger partial charge in [-0.1, -0.05) is 30.5 Å². The molecule has 0 bridgehead atoms. The summed E-state index contributed by atoms with van der Waals surface area (Å²) >= 11 is 1.32. The van der Waals surface area contributed by atoms with E-state index in [1.807, 2.05) is 43.5 Å². The Labute approximate surface area is 122 Å². The Balaban J connectivity index is 1.89. The molecule has 1 aromatic carbocycles. The minimum absolute atomic E-state index is 0.262. The highest BCUT2D eigenvalue weighted by atomic mass is 32.1. The Bertz CT molecular complexity index is 517. The molecule has 108 valence electrons. The highest BCUT2D eigenvalue weighted by Crippen LogP contribution is 2.22. The summed E-state index contributed by atoms with van der Waals surface area (Å²) in [4.78, 5) is 0. The Morgan fingerprint density at radius 2 is 2.25 bits per heavy atom. The average molecular weight is 293 g/mol. The van der Waals surface area contributed by atoms with Gasteiger partial charge in [0.1, 0.15) is 24.2 Å². The third-order valence-electron chi connectivity index (χ3n) is 2.69. The molecule has 1 aromatic heterocycles. The summed E-state index contributed by atoms with van der Waals surface area (Å²) in [5.74, 6) is 0.721. The molecule has 0 spiro atoms. The Morgan fingerprint density at radius 3 is 2.95 bits per heavy atom. The molecular weight excluding hydrogens is 274 g/mol. The second-order valence-electron chi connectivity index (χ2n) is 4.85. The maximum absolute atomic E-state index is 9.80. The molecule has 5 nitrogen and oxygen atoms in total. The highest BCUT2D eigenvalue weighted by molar-refractivity contribution is 7.03. The first-order chi connectivity index (χ1) is 9.65. The van der Waals surface area contributed by atoms with E-state index in [1.54, 1.807) is 0 Å². The Morgan fingerprint density at radius 1 is 1.40 bits per heavy atom. The minimum atomic E-state index is -0.526. The van der Waals surface area contributed by atoms with Crippen molar-refractivity contribution in [3.63, 3.8) is 0 Å². The van der Waals surface area contributed by atoms with Crippen LogP contribution in [0.5, 0.6) is 5.75 Å². The van der Waals surface area contributed by atoms with E-state index in [0.29, 0.717) is 12.6 Å². The highest BCUT2D eigenvalue weighted by Gasteiger charge is 2.07. The molecule has 2 N–H and O–H groups in total. The van der Waals surface area contributed by atoms with Crippen LogP contribution in [0, 0.1) is 0 Å². The van der Waals surface area contributed by atoms with Crippen LogP contribution in [0.25, 0.3) is 11.3 Å². The molecule has 0 aliphatic carbocycles. The molecule has 0 aliphatic rings. The average Bonchev–Trinajstić information content (AvgIpc) is 2.97. The van der Waals surface area contributed by atoms with E-state index >= 15 is 0 Å². The molecule has 2 rings (SSSR count). The third-order valence-corrected chi connectivity index (χ3v) is 3.20. The van der Waals surface area contributed by atoms with Crippen molar-refractivity contribution in [2.24, 2.45) is 0 Å². The summed E-state index contributed by atoms with van der Waals surface area (Å²) in [6.07, 6.45) is -0.526. The predicted octanol–water partition coefficient (Wildman–Crippen LogP) is 1.94. The van der Waals surface area contributed by atoms with Crippen LogP contribution >= 0.6 is 11.5 Å². The number of rotatable bonds is 7. The number of nitrogens with zero attached hydrogens (tertiary/aromatic N) is 2. The molecule has 0 radical (unpaired) electrons. The van der Waals surface area contributed by atoms with Gasteiger partial charge in [0, 0.05) is 23.5 Å². The van der Waals surface area contributed by atoms with Crippen molar-refractivity contribution in [3.8, 4) is 17.0 Å². The third kappa shape index (κ3) is 4.56. The topological polar surface area (TPSA) is 67.3 Å². The van der Waals surface area contributed by atoms with Crippen molar-refractivity contribution in [2.45, 2.75) is 26.0 Å². The molecule has 1 heterocycles. The molecule has 0 saturated heterocycles. The summed E-state index contributed by atoms with van der Waals surface area (Å²) in [6, 6.07) is 7.99. The van der Waals surface area contributed by atoms with Gasteiger partial charge in [0.25, 0.3) is 0 Å². The summed E-state index contributed by atoms with van der Waals surface area (Å²) in [5.41, 5.74) is 1.80. The van der Waals surface area contributed by atoms with Crippen molar-refractivity contribution >= 4 is 11.5 Å². The largest absolute Gasteiger partial charge is 0.491 e. The first kappa shape index (κ1) is 14.9. The van der Waals surface area contributed by atoms with Gasteiger partial charge in [0.05, 0.1) is 0 Å². The lowest BCUT2D eigenvalue weighted by atomic mass is 10.2. The number of aromatic nitrogens is 2. The van der Waals surface area contributed by atoms with E-state index in [-0.39, 0.29) is 6.61 Å². The lowest BCUT2D eigenvalue weighted by Crippen LogP contribution is -2.35. The van der Waals surface area contributed by atoms with Gasteiger partial charge in [0.15, 0.2) is 0 Å². The van der Waals surface area contributed by atoms with Crippen molar-refractivity contribution in [1.29, 1.82) is 0 Å². The summed E-state index contributed by atoms with van der Waals surface area (Å²) in [7, 11) is 0.